The van der Waals surface area contributed by atoms with Gasteiger partial charge < -0.3 is 10.3 Å². The van der Waals surface area contributed by atoms with Crippen LogP contribution in [-0.4, -0.2) is 31.9 Å². The minimum Gasteiger partial charge on any atom is -0.354 e. The van der Waals surface area contributed by atoms with Crippen molar-refractivity contribution < 1.29 is 13.2 Å². The van der Waals surface area contributed by atoms with Crippen LogP contribution in [0.25, 0.3) is 0 Å². The van der Waals surface area contributed by atoms with E-state index in [9.17, 15) is 18.0 Å². The van der Waals surface area contributed by atoms with Gasteiger partial charge in [0.05, 0.1) is 0 Å². The van der Waals surface area contributed by atoms with Crippen LogP contribution in [-0.2, 0) is 14.8 Å². The van der Waals surface area contributed by atoms with Gasteiger partial charge in [-0.3, -0.25) is 9.59 Å². The first-order valence-corrected chi connectivity index (χ1v) is 7.17. The number of carbonyl (C=O) groups is 1. The Morgan fingerprint density at radius 2 is 2.12 bits per heavy atom. The number of aryl methyl sites for hydroxylation is 1. The summed E-state index contributed by atoms with van der Waals surface area (Å²) >= 11 is 0.639. The molecule has 1 unspecified atom stereocenters. The Bertz CT molecular complexity index is 601. The van der Waals surface area contributed by atoms with E-state index in [1.807, 2.05) is 0 Å². The molecule has 2 rings (SSSR count). The van der Waals surface area contributed by atoms with Crippen molar-refractivity contribution in [2.24, 2.45) is 0 Å². The van der Waals surface area contributed by atoms with Gasteiger partial charge in [0.25, 0.3) is 10.0 Å². The first-order chi connectivity index (χ1) is 7.88. The Morgan fingerprint density at radius 1 is 1.41 bits per heavy atom. The van der Waals surface area contributed by atoms with Gasteiger partial charge in [-0.15, -0.1) is 0 Å². The quantitative estimate of drug-likeness (QED) is 0.652. The number of H-pyrrole nitrogens is 1. The predicted molar refractivity (Wildman–Crippen MR) is 61.4 cm³/mol. The molecule has 9 heteroatoms. The first kappa shape index (κ1) is 12.3. The third kappa shape index (κ3) is 2.56. The van der Waals surface area contributed by atoms with Gasteiger partial charge in [0.2, 0.25) is 5.91 Å². The van der Waals surface area contributed by atoms with Crippen LogP contribution >= 0.6 is 11.3 Å². The van der Waals surface area contributed by atoms with E-state index in [0.29, 0.717) is 17.0 Å². The molecule has 1 aromatic rings. The van der Waals surface area contributed by atoms with Gasteiger partial charge in [0.1, 0.15) is 0 Å². The van der Waals surface area contributed by atoms with E-state index in [4.69, 9.17) is 0 Å². The van der Waals surface area contributed by atoms with E-state index in [1.54, 1.807) is 0 Å². The third-order valence-electron chi connectivity index (χ3n) is 2.32. The molecule has 0 aromatic carbocycles. The number of amides is 1. The van der Waals surface area contributed by atoms with Crippen molar-refractivity contribution in [1.29, 1.82) is 0 Å². The van der Waals surface area contributed by atoms with Gasteiger partial charge in [-0.05, 0) is 6.92 Å². The zero-order chi connectivity index (χ0) is 12.6. The summed E-state index contributed by atoms with van der Waals surface area (Å²) in [6.07, 6.45) is 0.123. The second-order valence-corrected chi connectivity index (χ2v) is 6.65. The van der Waals surface area contributed by atoms with Gasteiger partial charge >= 0.3 is 4.87 Å². The Balaban J connectivity index is 2.22. The topological polar surface area (TPSA) is 108 Å². The monoisotopic (exact) mass is 277 g/mol. The van der Waals surface area contributed by atoms with Crippen LogP contribution in [0.2, 0.25) is 0 Å². The number of carbonyl (C=O) groups excluding carboxylic acids is 1. The third-order valence-corrected chi connectivity index (χ3v) is 5.45. The van der Waals surface area contributed by atoms with Crippen molar-refractivity contribution in [3.05, 3.63) is 15.4 Å². The van der Waals surface area contributed by atoms with Crippen molar-refractivity contribution in [3.63, 3.8) is 0 Å². The molecule has 7 nitrogen and oxygen atoms in total. The number of sulfonamides is 1. The lowest BCUT2D eigenvalue weighted by Crippen LogP contribution is -2.36. The lowest BCUT2D eigenvalue weighted by Gasteiger charge is -2.09. The molecule has 1 aliphatic rings. The summed E-state index contributed by atoms with van der Waals surface area (Å²) in [6.45, 7) is 1.79. The maximum atomic E-state index is 11.9. The highest BCUT2D eigenvalue weighted by Gasteiger charge is 2.28. The molecule has 2 heterocycles. The van der Waals surface area contributed by atoms with Gasteiger partial charge in [-0.2, -0.15) is 0 Å². The highest BCUT2D eigenvalue weighted by Crippen LogP contribution is 2.16. The fraction of sp³-hybridized carbons (Fsp3) is 0.500. The summed E-state index contributed by atoms with van der Waals surface area (Å²) in [5, 5.41) is 2.53. The number of rotatable bonds is 3. The predicted octanol–water partition coefficient (Wildman–Crippen LogP) is -1.09. The van der Waals surface area contributed by atoms with Crippen LogP contribution in [0.15, 0.2) is 9.00 Å². The highest BCUT2D eigenvalue weighted by atomic mass is 32.2. The van der Waals surface area contributed by atoms with E-state index in [1.165, 1.54) is 6.92 Å². The number of thiazole rings is 1. The van der Waals surface area contributed by atoms with Crippen molar-refractivity contribution in [3.8, 4) is 0 Å². The van der Waals surface area contributed by atoms with Crippen LogP contribution < -0.4 is 14.9 Å². The average Bonchev–Trinajstić information content (AvgIpc) is 2.72. The van der Waals surface area contributed by atoms with Crippen LogP contribution in [0.5, 0.6) is 0 Å². The van der Waals surface area contributed by atoms with Crippen LogP contribution in [0, 0.1) is 6.92 Å². The summed E-state index contributed by atoms with van der Waals surface area (Å²) in [5.41, 5.74) is 0.310. The smallest absolute Gasteiger partial charge is 0.305 e. The Morgan fingerprint density at radius 3 is 2.59 bits per heavy atom. The minimum atomic E-state index is -3.73. The van der Waals surface area contributed by atoms with Crippen molar-refractivity contribution in [2.45, 2.75) is 23.6 Å². The normalized spacial score (nSPS) is 20.5. The minimum absolute atomic E-state index is 0.0261. The lowest BCUT2D eigenvalue weighted by molar-refractivity contribution is -0.119. The summed E-state index contributed by atoms with van der Waals surface area (Å²) in [7, 11) is -3.73. The Labute approximate surface area is 101 Å². The SMILES string of the molecule is Cc1[nH]c(=O)sc1S(=O)(=O)NC1CNC(=O)C1. The van der Waals surface area contributed by atoms with E-state index in [0.717, 1.165) is 0 Å². The maximum Gasteiger partial charge on any atom is 0.305 e. The molecule has 1 aliphatic heterocycles. The number of aromatic amines is 1. The fourth-order valence-electron chi connectivity index (χ4n) is 1.61. The van der Waals surface area contributed by atoms with Gasteiger partial charge in [0.15, 0.2) is 4.21 Å². The summed E-state index contributed by atoms with van der Waals surface area (Å²) < 4.78 is 26.2. The van der Waals surface area contributed by atoms with E-state index >= 15 is 0 Å². The molecule has 0 saturated carbocycles. The summed E-state index contributed by atoms with van der Waals surface area (Å²) in [5.74, 6) is -0.184. The number of aromatic nitrogens is 1. The molecule has 1 aromatic heterocycles. The highest BCUT2D eigenvalue weighted by molar-refractivity contribution is 7.91. The van der Waals surface area contributed by atoms with E-state index in [2.05, 4.69) is 15.0 Å². The zero-order valence-electron chi connectivity index (χ0n) is 8.94. The van der Waals surface area contributed by atoms with Gasteiger partial charge in [-0.1, -0.05) is 11.3 Å². The van der Waals surface area contributed by atoms with Crippen molar-refractivity contribution >= 4 is 27.3 Å². The number of hydrogen-bond acceptors (Lipinski definition) is 5. The zero-order valence-corrected chi connectivity index (χ0v) is 10.6. The Kier molecular flexibility index (Phi) is 3.06. The summed E-state index contributed by atoms with van der Waals surface area (Å²) in [6, 6.07) is -0.455. The maximum absolute atomic E-state index is 11.9. The molecule has 1 amide bonds. The molecule has 3 N–H and O–H groups in total. The largest absolute Gasteiger partial charge is 0.354 e. The van der Waals surface area contributed by atoms with Crippen LogP contribution in [0.3, 0.4) is 0 Å². The number of nitrogens with one attached hydrogen (secondary N) is 3. The molecule has 1 atom stereocenters. The molecule has 17 heavy (non-hydrogen) atoms. The Hall–Kier alpha value is -1.19. The first-order valence-electron chi connectivity index (χ1n) is 4.87. The second kappa shape index (κ2) is 4.24. The molecule has 0 aliphatic carbocycles. The van der Waals surface area contributed by atoms with Crippen molar-refractivity contribution in [2.75, 3.05) is 6.54 Å². The van der Waals surface area contributed by atoms with Crippen molar-refractivity contribution in [1.82, 2.24) is 15.0 Å². The van der Waals surface area contributed by atoms with Gasteiger partial charge in [0, 0.05) is 24.7 Å². The number of hydrogen-bond donors (Lipinski definition) is 3. The summed E-state index contributed by atoms with van der Waals surface area (Å²) in [4.78, 5) is 24.0. The van der Waals surface area contributed by atoms with Crippen LogP contribution in [0.1, 0.15) is 12.1 Å². The lowest BCUT2D eigenvalue weighted by atomic mass is 10.3. The van der Waals surface area contributed by atoms with Gasteiger partial charge in [-0.25, -0.2) is 13.1 Å². The molecule has 1 fully saturated rings. The molecule has 1 saturated heterocycles. The molecule has 0 spiro atoms. The second-order valence-electron chi connectivity index (χ2n) is 3.75. The average molecular weight is 277 g/mol. The molecule has 0 radical (unpaired) electrons. The van der Waals surface area contributed by atoms with E-state index in [-0.39, 0.29) is 23.1 Å². The fourth-order valence-corrected chi connectivity index (χ4v) is 4.16. The standard InChI is InChI=1S/C8H11N3O4S2/c1-4-7(16-8(13)10-4)17(14,15)11-5-2-6(12)9-3-5/h5,11H,2-3H2,1H3,(H,9,12)(H,10,13). The molecular formula is C8H11N3O4S2. The molecular weight excluding hydrogens is 266 g/mol. The van der Waals surface area contributed by atoms with Crippen LogP contribution in [0.4, 0.5) is 0 Å². The van der Waals surface area contributed by atoms with E-state index < -0.39 is 20.9 Å². The molecule has 94 valence electrons. The molecule has 0 bridgehead atoms.